The molecule has 0 aliphatic carbocycles. The van der Waals surface area contributed by atoms with Crippen LogP contribution in [0, 0.1) is 0 Å². The monoisotopic (exact) mass is 472 g/mol. The van der Waals surface area contributed by atoms with E-state index in [4.69, 9.17) is 21.1 Å². The summed E-state index contributed by atoms with van der Waals surface area (Å²) >= 11 is 6.08. The molecular weight excluding hydrogens is 452 g/mol. The highest BCUT2D eigenvalue weighted by Crippen LogP contribution is 2.36. The molecule has 0 radical (unpaired) electrons. The molecule has 1 heterocycles. The lowest BCUT2D eigenvalue weighted by Gasteiger charge is -2.34. The highest BCUT2D eigenvalue weighted by atomic mass is 35.5. The van der Waals surface area contributed by atoms with Crippen LogP contribution >= 0.6 is 11.6 Å². The summed E-state index contributed by atoms with van der Waals surface area (Å²) in [5.74, 6) is 0.620. The van der Waals surface area contributed by atoms with Gasteiger partial charge in [0.05, 0.1) is 29.3 Å². The molecule has 1 amide bonds. The van der Waals surface area contributed by atoms with Crippen LogP contribution in [0.3, 0.4) is 0 Å². The third-order valence-electron chi connectivity index (χ3n) is 5.00. The zero-order chi connectivity index (χ0) is 22.9. The molecule has 1 aliphatic rings. The zero-order valence-electron chi connectivity index (χ0n) is 17.4. The van der Waals surface area contributed by atoms with E-state index in [1.54, 1.807) is 48.5 Å². The maximum atomic E-state index is 13.3. The van der Waals surface area contributed by atoms with Gasteiger partial charge in [0.1, 0.15) is 17.6 Å². The van der Waals surface area contributed by atoms with E-state index in [1.807, 2.05) is 6.92 Å². The quantitative estimate of drug-likeness (QED) is 0.587. The van der Waals surface area contributed by atoms with Gasteiger partial charge in [0, 0.05) is 11.3 Å². The number of hydrogen-bond acceptors (Lipinski definition) is 5. The number of ether oxygens (including phenoxy) is 2. The molecule has 3 aromatic carbocycles. The maximum Gasteiger partial charge on any atom is 0.264 e. The summed E-state index contributed by atoms with van der Waals surface area (Å²) in [7, 11) is -2.32. The second-order valence-electron chi connectivity index (χ2n) is 7.26. The number of anilines is 2. The first-order valence-corrected chi connectivity index (χ1v) is 11.6. The van der Waals surface area contributed by atoms with Crippen molar-refractivity contribution in [3.8, 4) is 11.5 Å². The van der Waals surface area contributed by atoms with Crippen molar-refractivity contribution in [2.24, 2.45) is 0 Å². The molecule has 0 spiro atoms. The summed E-state index contributed by atoms with van der Waals surface area (Å²) < 4.78 is 38.8. The van der Waals surface area contributed by atoms with Gasteiger partial charge >= 0.3 is 0 Å². The molecule has 9 heteroatoms. The van der Waals surface area contributed by atoms with Crippen LogP contribution in [0.1, 0.15) is 17.3 Å². The first-order valence-electron chi connectivity index (χ1n) is 9.83. The molecule has 3 aromatic rings. The molecule has 1 aliphatic heterocycles. The standard InChI is InChI=1S/C23H21ClN2O5S/c1-15-14-26(20-5-3-4-6-22(20)31-15)32(28,29)18-10-8-17(9-11-18)25-23(27)16-7-12-21(30-2)19(24)13-16/h3-13,15H,14H2,1-2H3,(H,25,27)/t15-/m1/s1. The summed E-state index contributed by atoms with van der Waals surface area (Å²) in [6.07, 6.45) is -0.283. The molecule has 4 rings (SSSR count). The largest absolute Gasteiger partial charge is 0.495 e. The van der Waals surface area contributed by atoms with E-state index in [0.717, 1.165) is 0 Å². The Labute approximate surface area is 191 Å². The number of fused-ring (bicyclic) bond motifs is 1. The number of halogens is 1. The van der Waals surface area contributed by atoms with Crippen LogP contribution in [0.4, 0.5) is 11.4 Å². The highest BCUT2D eigenvalue weighted by molar-refractivity contribution is 7.92. The van der Waals surface area contributed by atoms with Crippen LogP contribution < -0.4 is 19.1 Å². The average molecular weight is 473 g/mol. The second kappa shape index (κ2) is 8.72. The highest BCUT2D eigenvalue weighted by Gasteiger charge is 2.32. The average Bonchev–Trinajstić information content (AvgIpc) is 2.78. The summed E-state index contributed by atoms with van der Waals surface area (Å²) in [4.78, 5) is 12.6. The number of benzene rings is 3. The fourth-order valence-corrected chi connectivity index (χ4v) is 5.23. The molecule has 7 nitrogen and oxygen atoms in total. The van der Waals surface area contributed by atoms with Crippen molar-refractivity contribution in [2.75, 3.05) is 23.3 Å². The SMILES string of the molecule is COc1ccc(C(=O)Nc2ccc(S(=O)(=O)N3C[C@@H](C)Oc4ccccc43)cc2)cc1Cl. The Balaban J connectivity index is 1.55. The molecule has 32 heavy (non-hydrogen) atoms. The van der Waals surface area contributed by atoms with Crippen molar-refractivity contribution in [1.29, 1.82) is 0 Å². The number of para-hydroxylation sites is 2. The fraction of sp³-hybridized carbons (Fsp3) is 0.174. The van der Waals surface area contributed by atoms with Crippen molar-refractivity contribution >= 4 is 38.9 Å². The molecule has 0 saturated carbocycles. The molecule has 0 saturated heterocycles. The van der Waals surface area contributed by atoms with Crippen molar-refractivity contribution in [3.05, 3.63) is 77.3 Å². The second-order valence-corrected chi connectivity index (χ2v) is 9.53. The number of hydrogen-bond donors (Lipinski definition) is 1. The predicted molar refractivity (Wildman–Crippen MR) is 123 cm³/mol. The van der Waals surface area contributed by atoms with Gasteiger partial charge in [-0.05, 0) is 61.5 Å². The number of methoxy groups -OCH3 is 1. The lowest BCUT2D eigenvalue weighted by atomic mass is 10.2. The van der Waals surface area contributed by atoms with Gasteiger partial charge in [0.2, 0.25) is 0 Å². The summed E-state index contributed by atoms with van der Waals surface area (Å²) in [6.45, 7) is 2.03. The maximum absolute atomic E-state index is 13.3. The minimum Gasteiger partial charge on any atom is -0.495 e. The summed E-state index contributed by atoms with van der Waals surface area (Å²) in [6, 6.07) is 17.8. The molecule has 1 N–H and O–H groups in total. The van der Waals surface area contributed by atoms with Gasteiger partial charge in [0.15, 0.2) is 0 Å². The van der Waals surface area contributed by atoms with E-state index < -0.39 is 10.0 Å². The van der Waals surface area contributed by atoms with Gasteiger partial charge in [-0.2, -0.15) is 0 Å². The molecular formula is C23H21ClN2O5S. The molecule has 0 bridgehead atoms. The smallest absolute Gasteiger partial charge is 0.264 e. The van der Waals surface area contributed by atoms with Crippen LogP contribution in [0.5, 0.6) is 11.5 Å². The van der Waals surface area contributed by atoms with Crippen molar-refractivity contribution in [3.63, 3.8) is 0 Å². The topological polar surface area (TPSA) is 84.9 Å². The summed E-state index contributed by atoms with van der Waals surface area (Å²) in [5.41, 5.74) is 1.31. The van der Waals surface area contributed by atoms with E-state index in [0.29, 0.717) is 33.5 Å². The van der Waals surface area contributed by atoms with Gasteiger partial charge in [-0.25, -0.2) is 8.42 Å². The Kier molecular flexibility index (Phi) is 5.99. The molecule has 166 valence electrons. The number of amides is 1. The zero-order valence-corrected chi connectivity index (χ0v) is 19.0. The van der Waals surface area contributed by atoms with E-state index in [1.165, 1.54) is 29.6 Å². The number of sulfonamides is 1. The van der Waals surface area contributed by atoms with Crippen LogP contribution in [0.2, 0.25) is 5.02 Å². The Bertz CT molecular complexity index is 1260. The minimum atomic E-state index is -3.81. The van der Waals surface area contributed by atoms with E-state index in [2.05, 4.69) is 5.32 Å². The van der Waals surface area contributed by atoms with Crippen molar-refractivity contribution in [2.45, 2.75) is 17.9 Å². The Morgan fingerprint density at radius 2 is 1.84 bits per heavy atom. The van der Waals surface area contributed by atoms with Crippen LogP contribution in [-0.2, 0) is 10.0 Å². The van der Waals surface area contributed by atoms with Crippen LogP contribution in [0.25, 0.3) is 0 Å². The first-order chi connectivity index (χ1) is 15.3. The number of rotatable bonds is 5. The Morgan fingerprint density at radius 1 is 1.12 bits per heavy atom. The molecule has 0 aromatic heterocycles. The predicted octanol–water partition coefficient (Wildman–Crippen LogP) is 4.58. The van der Waals surface area contributed by atoms with Gasteiger partial charge in [0.25, 0.3) is 15.9 Å². The van der Waals surface area contributed by atoms with Gasteiger partial charge in [-0.15, -0.1) is 0 Å². The summed E-state index contributed by atoms with van der Waals surface area (Å²) in [5, 5.41) is 3.06. The number of nitrogens with one attached hydrogen (secondary N) is 1. The van der Waals surface area contributed by atoms with Crippen LogP contribution in [-0.4, -0.2) is 34.1 Å². The minimum absolute atomic E-state index is 0.117. The number of nitrogens with zero attached hydrogens (tertiary/aromatic N) is 1. The van der Waals surface area contributed by atoms with Gasteiger partial charge < -0.3 is 14.8 Å². The van der Waals surface area contributed by atoms with E-state index >= 15 is 0 Å². The van der Waals surface area contributed by atoms with Gasteiger partial charge in [-0.1, -0.05) is 23.7 Å². The first kappa shape index (κ1) is 22.0. The third-order valence-corrected chi connectivity index (χ3v) is 7.09. The lowest BCUT2D eigenvalue weighted by molar-refractivity contribution is 0.102. The number of carbonyl (C=O) groups is 1. The molecule has 0 fully saturated rings. The normalized spacial score (nSPS) is 15.5. The van der Waals surface area contributed by atoms with Gasteiger partial charge in [-0.3, -0.25) is 9.10 Å². The van der Waals surface area contributed by atoms with E-state index in [9.17, 15) is 13.2 Å². The fourth-order valence-electron chi connectivity index (χ4n) is 3.42. The van der Waals surface area contributed by atoms with E-state index in [-0.39, 0.29) is 23.5 Å². The van der Waals surface area contributed by atoms with Crippen molar-refractivity contribution < 1.29 is 22.7 Å². The molecule has 0 unspecified atom stereocenters. The van der Waals surface area contributed by atoms with Crippen LogP contribution in [0.15, 0.2) is 71.6 Å². The number of carbonyl (C=O) groups excluding carboxylic acids is 1. The Hall–Kier alpha value is -3.23. The third kappa shape index (κ3) is 4.24. The lowest BCUT2D eigenvalue weighted by Crippen LogP contribution is -2.42. The Morgan fingerprint density at radius 3 is 2.53 bits per heavy atom. The molecule has 1 atom stereocenters. The van der Waals surface area contributed by atoms with Crippen molar-refractivity contribution in [1.82, 2.24) is 0 Å².